The molecule has 0 fully saturated rings. The lowest BCUT2D eigenvalue weighted by Gasteiger charge is -2.26. The van der Waals surface area contributed by atoms with Gasteiger partial charge in [0.15, 0.2) is 11.7 Å². The summed E-state index contributed by atoms with van der Waals surface area (Å²) in [4.78, 5) is 35.5. The number of allylic oxidation sites excluding steroid dienone is 1. The molecule has 0 spiro atoms. The number of carbonyl (C=O) groups excluding carboxylic acids is 2. The van der Waals surface area contributed by atoms with Crippen LogP contribution in [-0.2, 0) is 15.1 Å². The molecule has 7 nitrogen and oxygen atoms in total. The average molecular weight is 480 g/mol. The first-order chi connectivity index (χ1) is 16.8. The summed E-state index contributed by atoms with van der Waals surface area (Å²) >= 11 is 0. The predicted molar refractivity (Wildman–Crippen MR) is 129 cm³/mol. The highest BCUT2D eigenvalue weighted by molar-refractivity contribution is 6.09. The second kappa shape index (κ2) is 10.9. The third kappa shape index (κ3) is 5.06. The highest BCUT2D eigenvalue weighted by atomic mass is 19.1. The number of alkyl halides is 1. The molecule has 1 unspecified atom stereocenters. The van der Waals surface area contributed by atoms with Crippen LogP contribution in [0.25, 0.3) is 11.1 Å². The zero-order valence-electron chi connectivity index (χ0n) is 19.9. The maximum absolute atomic E-state index is 14.4. The van der Waals surface area contributed by atoms with Crippen molar-refractivity contribution in [2.45, 2.75) is 32.2 Å². The number of rotatable bonds is 10. The van der Waals surface area contributed by atoms with Gasteiger partial charge < -0.3 is 11.1 Å². The Kier molecular flexibility index (Phi) is 7.97. The maximum Gasteiger partial charge on any atom is 0.267 e. The van der Waals surface area contributed by atoms with Gasteiger partial charge in [-0.3, -0.25) is 18.9 Å². The average Bonchev–Trinajstić information content (AvgIpc) is 3.10. The van der Waals surface area contributed by atoms with Crippen molar-refractivity contribution in [3.8, 4) is 11.1 Å². The molecule has 1 aromatic heterocycles. The third-order valence-corrected chi connectivity index (χ3v) is 5.70. The number of Topliss-reactive ketones (excluding diaryl/α,β-unsaturated/α-hetero) is 1. The molecule has 1 aliphatic heterocycles. The molecule has 9 heteroatoms. The Morgan fingerprint density at radius 2 is 2.17 bits per heavy atom. The summed E-state index contributed by atoms with van der Waals surface area (Å²) < 4.78 is 27.1. The van der Waals surface area contributed by atoms with Gasteiger partial charge >= 0.3 is 0 Å². The fourth-order valence-electron chi connectivity index (χ4n) is 3.73. The van der Waals surface area contributed by atoms with Gasteiger partial charge in [0, 0.05) is 49.1 Å². The fraction of sp³-hybridized carbons (Fsp3) is 0.308. The minimum absolute atomic E-state index is 0.0381. The summed E-state index contributed by atoms with van der Waals surface area (Å²) in [6.07, 6.45) is 4.95. The third-order valence-electron chi connectivity index (χ3n) is 5.70. The summed E-state index contributed by atoms with van der Waals surface area (Å²) in [5, 5.41) is 2.99. The van der Waals surface area contributed by atoms with E-state index in [9.17, 15) is 18.4 Å². The van der Waals surface area contributed by atoms with Gasteiger partial charge in [0.2, 0.25) is 11.5 Å². The summed E-state index contributed by atoms with van der Waals surface area (Å²) in [5.41, 5.74) is 5.93. The van der Waals surface area contributed by atoms with Crippen LogP contribution in [0.15, 0.2) is 58.9 Å². The van der Waals surface area contributed by atoms with Crippen LogP contribution in [0.3, 0.4) is 0 Å². The Bertz CT molecular complexity index is 1210. The van der Waals surface area contributed by atoms with E-state index in [2.05, 4.69) is 27.4 Å². The summed E-state index contributed by atoms with van der Waals surface area (Å²) in [5.74, 6) is -1.33. The van der Waals surface area contributed by atoms with E-state index >= 15 is 0 Å². The first-order valence-corrected chi connectivity index (χ1v) is 11.2. The first kappa shape index (κ1) is 25.6. The molecular formula is C26H27F2N5O2. The highest BCUT2D eigenvalue weighted by Gasteiger charge is 2.51. The largest absolute Gasteiger partial charge is 0.390 e. The molecule has 0 saturated heterocycles. The number of hydrogen-bond acceptors (Lipinski definition) is 6. The van der Waals surface area contributed by atoms with Crippen LogP contribution in [0.4, 0.5) is 8.78 Å². The molecule has 0 saturated carbocycles. The van der Waals surface area contributed by atoms with Crippen LogP contribution in [0, 0.1) is 18.1 Å². The van der Waals surface area contributed by atoms with Crippen molar-refractivity contribution < 1.29 is 18.4 Å². The lowest BCUT2D eigenvalue weighted by atomic mass is 9.81. The number of hydrogen-bond donors (Lipinski definition) is 2. The lowest BCUT2D eigenvalue weighted by Crippen LogP contribution is -2.41. The molecule has 2 heterocycles. The minimum Gasteiger partial charge on any atom is -0.390 e. The zero-order valence-corrected chi connectivity index (χ0v) is 19.9. The van der Waals surface area contributed by atoms with E-state index in [1.54, 1.807) is 38.1 Å². The number of aliphatic imine (C=N–C) groups is 1. The van der Waals surface area contributed by atoms with Crippen molar-refractivity contribution in [3.63, 3.8) is 0 Å². The molecule has 1 atom stereocenters. The van der Waals surface area contributed by atoms with Gasteiger partial charge in [0.1, 0.15) is 0 Å². The molecule has 0 aliphatic carbocycles. The Labute approximate surface area is 203 Å². The topological polar surface area (TPSA) is 101 Å². The van der Waals surface area contributed by atoms with E-state index in [1.165, 1.54) is 30.4 Å². The van der Waals surface area contributed by atoms with Crippen molar-refractivity contribution >= 4 is 17.6 Å². The van der Waals surface area contributed by atoms with Gasteiger partial charge in [0.05, 0.1) is 6.67 Å². The van der Waals surface area contributed by atoms with Crippen LogP contribution < -0.4 is 11.1 Å². The van der Waals surface area contributed by atoms with Crippen molar-refractivity contribution in [1.82, 2.24) is 15.2 Å². The minimum atomic E-state index is -1.72. The van der Waals surface area contributed by atoms with Crippen LogP contribution in [0.2, 0.25) is 0 Å². The lowest BCUT2D eigenvalue weighted by molar-refractivity contribution is -0.129. The van der Waals surface area contributed by atoms with Gasteiger partial charge in [0.25, 0.3) is 5.91 Å². The van der Waals surface area contributed by atoms with E-state index in [-0.39, 0.29) is 35.7 Å². The molecule has 3 N–H and O–H groups in total. The van der Waals surface area contributed by atoms with Crippen LogP contribution in [0.5, 0.6) is 0 Å². The molecule has 2 aromatic rings. The molecule has 1 aromatic carbocycles. The molecule has 182 valence electrons. The molecule has 1 amide bonds. The van der Waals surface area contributed by atoms with E-state index in [0.717, 1.165) is 0 Å². The molecule has 35 heavy (non-hydrogen) atoms. The Morgan fingerprint density at radius 1 is 1.40 bits per heavy atom. The number of amides is 1. The summed E-state index contributed by atoms with van der Waals surface area (Å²) in [6.45, 7) is 3.16. The molecule has 0 bridgehead atoms. The molecule has 0 radical (unpaired) electrons. The normalized spacial score (nSPS) is 18.4. The number of carbonyl (C=O) groups is 2. The van der Waals surface area contributed by atoms with Crippen LogP contribution in [-0.4, -0.2) is 47.8 Å². The van der Waals surface area contributed by atoms with E-state index in [4.69, 9.17) is 5.73 Å². The standard InChI is InChI=1S/C26H27F2N5O2/c1-4-22(34)17(2)14-20(16-30-12-7-11-27)26(24(35)33(3)25(29)32-26)19-9-5-8-18(15-19)21-10-6-13-31-23(21)28/h6,8,10,13-16,30H,4,7,11-12H2,1-3H3,(H2,29,32)/b17-14+,20-16+. The Hall–Kier alpha value is -4.06. The number of nitrogens with one attached hydrogen (secondary N) is 1. The van der Waals surface area contributed by atoms with Crippen LogP contribution >= 0.6 is 0 Å². The number of halogens is 2. The van der Waals surface area contributed by atoms with E-state index in [0.29, 0.717) is 23.3 Å². The SMILES string of the molecule is CCC(=O)/C(C)=C/C(=C\NCCCF)C1(c2c#ccc(-c3cccnc3F)c2)N=C(N)N(C)C1=O. The first-order valence-electron chi connectivity index (χ1n) is 11.2. The highest BCUT2D eigenvalue weighted by Crippen LogP contribution is 2.41. The van der Waals surface area contributed by atoms with E-state index in [1.807, 2.05) is 0 Å². The molecular weight excluding hydrogens is 452 g/mol. The molecule has 3 rings (SSSR count). The zero-order chi connectivity index (χ0) is 25.6. The monoisotopic (exact) mass is 479 g/mol. The van der Waals surface area contributed by atoms with Crippen molar-refractivity contribution in [3.05, 3.63) is 77.5 Å². The van der Waals surface area contributed by atoms with E-state index < -0.39 is 24.1 Å². The summed E-state index contributed by atoms with van der Waals surface area (Å²) in [7, 11) is 1.49. The van der Waals surface area contributed by atoms with Crippen LogP contribution in [0.1, 0.15) is 32.3 Å². The maximum atomic E-state index is 14.4. The quantitative estimate of drug-likeness (QED) is 0.236. The van der Waals surface area contributed by atoms with Gasteiger partial charge in [-0.15, -0.1) is 0 Å². The Balaban J connectivity index is 2.26. The molecule has 1 aliphatic rings. The Morgan fingerprint density at radius 3 is 2.80 bits per heavy atom. The van der Waals surface area contributed by atoms with Gasteiger partial charge in [-0.25, -0.2) is 9.98 Å². The fourth-order valence-corrected chi connectivity index (χ4v) is 3.73. The summed E-state index contributed by atoms with van der Waals surface area (Å²) in [6, 6.07) is 12.0. The smallest absolute Gasteiger partial charge is 0.267 e. The number of likely N-dealkylation sites (N-methyl/N-ethyl adjacent to an activating group) is 1. The number of pyridine rings is 1. The number of nitrogens with two attached hydrogens (primary N) is 1. The number of nitrogens with zero attached hydrogens (tertiary/aromatic N) is 3. The number of ketones is 1. The number of aromatic nitrogens is 1. The predicted octanol–water partition coefficient (Wildman–Crippen LogP) is 3.23. The second-order valence-corrected chi connectivity index (χ2v) is 8.01. The van der Waals surface area contributed by atoms with Gasteiger partial charge in [-0.05, 0) is 54.8 Å². The van der Waals surface area contributed by atoms with Crippen molar-refractivity contribution in [2.75, 3.05) is 20.3 Å². The number of guanidine groups is 1. The second-order valence-electron chi connectivity index (χ2n) is 8.01. The van der Waals surface area contributed by atoms with Gasteiger partial charge in [-0.2, -0.15) is 4.39 Å². The van der Waals surface area contributed by atoms with Crippen molar-refractivity contribution in [2.24, 2.45) is 10.7 Å². The van der Waals surface area contributed by atoms with Gasteiger partial charge in [-0.1, -0.05) is 19.1 Å². The van der Waals surface area contributed by atoms with Crippen molar-refractivity contribution in [1.29, 1.82) is 0 Å².